The fourth-order valence-corrected chi connectivity index (χ4v) is 7.22. The van der Waals surface area contributed by atoms with Gasteiger partial charge in [0.05, 0.1) is 38.7 Å². The molecule has 1 aromatic carbocycles. The van der Waals surface area contributed by atoms with Crippen molar-refractivity contribution in [1.82, 2.24) is 9.62 Å². The minimum atomic E-state index is -3.90. The fraction of sp³-hybridized carbons (Fsp3) is 0.552. The summed E-state index contributed by atoms with van der Waals surface area (Å²) in [5.74, 6) is 0.355. The Balaban J connectivity index is 1.72. The number of likely N-dealkylation sites (N-methyl/N-ethyl adjacent to an activating group) is 2. The number of sulfonamides is 1. The molecule has 0 aromatic heterocycles. The minimum absolute atomic E-state index is 0.0494. The Morgan fingerprint density at radius 3 is 2.45 bits per heavy atom. The predicted molar refractivity (Wildman–Crippen MR) is 157 cm³/mol. The molecule has 1 aromatic rings. The second kappa shape index (κ2) is 13.0. The Morgan fingerprint density at radius 2 is 1.87 bits per heavy atom. The SMILES string of the molecule is COc1ccc(CNCC(C)C(=O)CN(C)S(=O)(=O)C2=CC(Br)=CCCC(C)=C2C(C)[N+]2(C)CCC2)cc1. The number of likely N-dealkylation sites (tertiary alicyclic amines) is 1. The first-order valence-corrected chi connectivity index (χ1v) is 15.6. The molecule has 1 fully saturated rings. The number of ether oxygens (including phenoxy) is 1. The van der Waals surface area contributed by atoms with E-state index in [9.17, 15) is 13.2 Å². The van der Waals surface area contributed by atoms with Crippen LogP contribution in [0.25, 0.3) is 0 Å². The summed E-state index contributed by atoms with van der Waals surface area (Å²) in [6.07, 6.45) is 6.56. The van der Waals surface area contributed by atoms with Crippen LogP contribution in [0.4, 0.5) is 0 Å². The number of ketones is 1. The van der Waals surface area contributed by atoms with E-state index < -0.39 is 10.0 Å². The third kappa shape index (κ3) is 7.24. The second-order valence-electron chi connectivity index (χ2n) is 10.9. The highest BCUT2D eigenvalue weighted by Gasteiger charge is 2.43. The number of nitrogens with one attached hydrogen (secondary N) is 1. The van der Waals surface area contributed by atoms with E-state index >= 15 is 0 Å². The molecule has 1 saturated heterocycles. The van der Waals surface area contributed by atoms with Gasteiger partial charge in [0.2, 0.25) is 10.0 Å². The largest absolute Gasteiger partial charge is 0.497 e. The maximum Gasteiger partial charge on any atom is 0.243 e. The van der Waals surface area contributed by atoms with Gasteiger partial charge >= 0.3 is 0 Å². The standard InChI is InChI=1S/C29H43BrN3O4S/c1-21-9-7-10-25(30)17-28(29(21)23(3)33(5)15-8-16-33)38(35,36)32(4)20-27(34)22(2)18-31-19-24-11-13-26(37-6)14-12-24/h10-14,17,22-23,31H,7-9,15-16,18-20H2,1-6H3/q+1. The molecule has 210 valence electrons. The number of benzene rings is 1. The number of carbonyl (C=O) groups is 1. The molecule has 2 atom stereocenters. The lowest BCUT2D eigenvalue weighted by molar-refractivity contribution is -0.961. The molecule has 0 saturated carbocycles. The number of Topliss-reactive ketones (excluding diaryl/α,β-unsaturated/α-hetero) is 1. The summed E-state index contributed by atoms with van der Waals surface area (Å²) in [5, 5.41) is 3.31. The van der Waals surface area contributed by atoms with Gasteiger partial charge in [0, 0.05) is 42.5 Å². The summed E-state index contributed by atoms with van der Waals surface area (Å²) in [4.78, 5) is 13.4. The second-order valence-corrected chi connectivity index (χ2v) is 13.8. The number of allylic oxidation sites excluding steroid dienone is 4. The molecule has 0 radical (unpaired) electrons. The molecule has 1 aliphatic heterocycles. The zero-order chi connectivity index (χ0) is 28.1. The van der Waals surface area contributed by atoms with Gasteiger partial charge in [-0.15, -0.1) is 0 Å². The van der Waals surface area contributed by atoms with Crippen molar-refractivity contribution in [2.75, 3.05) is 47.4 Å². The number of nitrogens with zero attached hydrogens (tertiary/aromatic N) is 2. The van der Waals surface area contributed by atoms with Crippen molar-refractivity contribution in [2.24, 2.45) is 5.92 Å². The van der Waals surface area contributed by atoms with E-state index in [2.05, 4.69) is 42.1 Å². The van der Waals surface area contributed by atoms with Crippen LogP contribution in [0.2, 0.25) is 0 Å². The summed E-state index contributed by atoms with van der Waals surface area (Å²) in [7, 11) is 1.45. The quantitative estimate of drug-likeness (QED) is 0.346. The van der Waals surface area contributed by atoms with Gasteiger partial charge in [-0.3, -0.25) is 4.79 Å². The van der Waals surface area contributed by atoms with Gasteiger partial charge < -0.3 is 14.5 Å². The van der Waals surface area contributed by atoms with Crippen LogP contribution < -0.4 is 10.1 Å². The first-order chi connectivity index (χ1) is 17.9. The van der Waals surface area contributed by atoms with Gasteiger partial charge in [0.15, 0.2) is 5.78 Å². The molecule has 9 heteroatoms. The maximum atomic E-state index is 14.0. The molecular weight excluding hydrogens is 566 g/mol. The van der Waals surface area contributed by atoms with Crippen molar-refractivity contribution in [3.05, 3.63) is 62.5 Å². The Morgan fingerprint density at radius 1 is 1.21 bits per heavy atom. The van der Waals surface area contributed by atoms with Gasteiger partial charge in [0.25, 0.3) is 0 Å². The van der Waals surface area contributed by atoms with E-state index in [1.54, 1.807) is 13.2 Å². The summed E-state index contributed by atoms with van der Waals surface area (Å²) in [6.45, 7) is 9.02. The maximum absolute atomic E-state index is 14.0. The average Bonchev–Trinajstić information content (AvgIpc) is 2.85. The third-order valence-electron chi connectivity index (χ3n) is 8.10. The third-order valence-corrected chi connectivity index (χ3v) is 10.5. The molecule has 0 spiro atoms. The highest BCUT2D eigenvalue weighted by molar-refractivity contribution is 9.11. The summed E-state index contributed by atoms with van der Waals surface area (Å²) < 4.78 is 36.0. The minimum Gasteiger partial charge on any atom is -0.497 e. The lowest BCUT2D eigenvalue weighted by atomic mass is 9.92. The summed E-state index contributed by atoms with van der Waals surface area (Å²) in [5.41, 5.74) is 3.08. The van der Waals surface area contributed by atoms with E-state index in [1.165, 1.54) is 11.4 Å². The summed E-state index contributed by atoms with van der Waals surface area (Å²) in [6, 6.07) is 7.81. The van der Waals surface area contributed by atoms with Crippen LogP contribution in [0.5, 0.6) is 5.75 Å². The van der Waals surface area contributed by atoms with Gasteiger partial charge in [-0.25, -0.2) is 8.42 Å². The van der Waals surface area contributed by atoms with Crippen molar-refractivity contribution in [3.8, 4) is 5.75 Å². The van der Waals surface area contributed by atoms with Crippen LogP contribution in [-0.2, 0) is 21.4 Å². The van der Waals surface area contributed by atoms with E-state index in [0.29, 0.717) is 18.0 Å². The molecular formula is C29H43BrN3O4S+. The number of quaternary nitrogens is 1. The van der Waals surface area contributed by atoms with Crippen LogP contribution in [0.1, 0.15) is 45.6 Å². The Hall–Kier alpha value is -1.78. The van der Waals surface area contributed by atoms with Gasteiger partial charge in [-0.2, -0.15) is 4.31 Å². The van der Waals surface area contributed by atoms with Crippen molar-refractivity contribution in [2.45, 2.75) is 52.6 Å². The zero-order valence-electron chi connectivity index (χ0n) is 23.6. The molecule has 0 amide bonds. The molecule has 2 unspecified atom stereocenters. The molecule has 2 aliphatic rings. The number of hydrogen-bond acceptors (Lipinski definition) is 5. The Bertz CT molecular complexity index is 1200. The topological polar surface area (TPSA) is 75.7 Å². The van der Waals surface area contributed by atoms with Crippen LogP contribution in [-0.4, -0.2) is 76.4 Å². The number of hydrogen-bond donors (Lipinski definition) is 1. The number of halogens is 1. The monoisotopic (exact) mass is 608 g/mol. The zero-order valence-corrected chi connectivity index (χ0v) is 26.0. The van der Waals surface area contributed by atoms with E-state index in [4.69, 9.17) is 4.74 Å². The number of rotatable bonds is 12. The molecule has 3 rings (SSSR count). The van der Waals surface area contributed by atoms with Gasteiger partial charge in [-0.05, 0) is 50.5 Å². The Labute approximate surface area is 237 Å². The van der Waals surface area contributed by atoms with Crippen LogP contribution in [0, 0.1) is 5.92 Å². The van der Waals surface area contributed by atoms with Gasteiger partial charge in [0.1, 0.15) is 11.8 Å². The van der Waals surface area contributed by atoms with Crippen molar-refractivity contribution in [1.29, 1.82) is 0 Å². The fourth-order valence-electron chi connectivity index (χ4n) is 5.08. The number of carbonyl (C=O) groups excluding carboxylic acids is 1. The molecule has 38 heavy (non-hydrogen) atoms. The average molecular weight is 610 g/mol. The van der Waals surface area contributed by atoms with E-state index in [1.807, 2.05) is 37.3 Å². The van der Waals surface area contributed by atoms with Crippen molar-refractivity contribution < 1.29 is 22.4 Å². The predicted octanol–water partition coefficient (Wildman–Crippen LogP) is 4.76. The lowest BCUT2D eigenvalue weighted by Crippen LogP contribution is -2.60. The lowest BCUT2D eigenvalue weighted by Gasteiger charge is -2.48. The highest BCUT2D eigenvalue weighted by Crippen LogP contribution is 2.37. The molecule has 1 heterocycles. The van der Waals surface area contributed by atoms with Gasteiger partial charge in [-0.1, -0.05) is 46.6 Å². The first kappa shape index (κ1) is 30.8. The first-order valence-electron chi connectivity index (χ1n) is 13.3. The normalized spacial score (nSPS) is 19.6. The van der Waals surface area contributed by atoms with Crippen molar-refractivity contribution in [3.63, 3.8) is 0 Å². The van der Waals surface area contributed by atoms with E-state index in [-0.39, 0.29) is 24.3 Å². The van der Waals surface area contributed by atoms with Crippen LogP contribution in [0.15, 0.2) is 57.0 Å². The molecule has 1 N–H and O–H groups in total. The van der Waals surface area contributed by atoms with Crippen LogP contribution >= 0.6 is 15.9 Å². The van der Waals surface area contributed by atoms with E-state index in [0.717, 1.165) is 63.8 Å². The molecule has 1 aliphatic carbocycles. The molecule has 0 bridgehead atoms. The summed E-state index contributed by atoms with van der Waals surface area (Å²) >= 11 is 3.55. The highest BCUT2D eigenvalue weighted by atomic mass is 79.9. The smallest absolute Gasteiger partial charge is 0.243 e. The number of methoxy groups -OCH3 is 1. The Kier molecular flexibility index (Phi) is 10.6. The van der Waals surface area contributed by atoms with Crippen molar-refractivity contribution >= 4 is 31.7 Å². The van der Waals surface area contributed by atoms with Crippen LogP contribution in [0.3, 0.4) is 0 Å². The molecule has 7 nitrogen and oxygen atoms in total.